The van der Waals surface area contributed by atoms with Crippen LogP contribution in [0, 0.1) is 0 Å². The van der Waals surface area contributed by atoms with Gasteiger partial charge in [-0.05, 0) is 32.0 Å². The highest BCUT2D eigenvalue weighted by Crippen LogP contribution is 2.52. The zero-order valence-electron chi connectivity index (χ0n) is 13.1. The van der Waals surface area contributed by atoms with Crippen LogP contribution in [0.5, 0.6) is 0 Å². The Morgan fingerprint density at radius 3 is 2.16 bits per heavy atom. The van der Waals surface area contributed by atoms with Crippen molar-refractivity contribution in [3.63, 3.8) is 0 Å². The Morgan fingerprint density at radius 2 is 1.72 bits per heavy atom. The SMILES string of the molecule is CCOP(=O)(OCC)OC(NC(=O)c1ccc(Cl)c(Cl)c1)C(Cl)(Cl)Cl. The van der Waals surface area contributed by atoms with Crippen molar-refractivity contribution in [1.29, 1.82) is 0 Å². The number of carbonyl (C=O) groups is 1. The van der Waals surface area contributed by atoms with Crippen LogP contribution in [0.25, 0.3) is 0 Å². The highest BCUT2D eigenvalue weighted by atomic mass is 35.6. The first kappa shape index (κ1) is 23.3. The van der Waals surface area contributed by atoms with Crippen molar-refractivity contribution in [1.82, 2.24) is 5.32 Å². The molecule has 1 N–H and O–H groups in total. The summed E-state index contributed by atoms with van der Waals surface area (Å²) < 4.78 is 25.4. The molecule has 25 heavy (non-hydrogen) atoms. The van der Waals surface area contributed by atoms with Gasteiger partial charge in [0.15, 0.2) is 6.23 Å². The topological polar surface area (TPSA) is 73.9 Å². The molecule has 0 saturated carbocycles. The van der Waals surface area contributed by atoms with E-state index in [1.165, 1.54) is 18.2 Å². The number of phosphoric acid groups is 1. The maximum absolute atomic E-state index is 12.5. The molecule has 1 rings (SSSR count). The zero-order valence-corrected chi connectivity index (χ0v) is 17.8. The van der Waals surface area contributed by atoms with E-state index in [1.54, 1.807) is 13.8 Å². The molecule has 0 bridgehead atoms. The lowest BCUT2D eigenvalue weighted by molar-refractivity contribution is 0.0601. The fourth-order valence-electron chi connectivity index (χ4n) is 1.55. The van der Waals surface area contributed by atoms with Crippen LogP contribution in [-0.2, 0) is 18.1 Å². The van der Waals surface area contributed by atoms with E-state index in [-0.39, 0.29) is 28.8 Å². The van der Waals surface area contributed by atoms with Crippen molar-refractivity contribution in [3.05, 3.63) is 33.8 Å². The first-order chi connectivity index (χ1) is 11.5. The minimum absolute atomic E-state index is 0.0184. The van der Waals surface area contributed by atoms with Gasteiger partial charge in [-0.15, -0.1) is 0 Å². The van der Waals surface area contributed by atoms with Crippen LogP contribution in [0.4, 0.5) is 0 Å². The molecule has 1 aromatic carbocycles. The average molecular weight is 474 g/mol. The lowest BCUT2D eigenvalue weighted by Gasteiger charge is -2.28. The third-order valence-corrected chi connectivity index (χ3v) is 5.50. The molecule has 1 amide bonds. The first-order valence-corrected chi connectivity index (χ1v) is 10.3. The number of carbonyl (C=O) groups excluding carboxylic acids is 1. The Hall–Kier alpha value is 0.250. The molecule has 0 fully saturated rings. The molecule has 142 valence electrons. The van der Waals surface area contributed by atoms with Crippen molar-refractivity contribution >= 4 is 71.7 Å². The maximum atomic E-state index is 12.5. The molecule has 0 saturated heterocycles. The number of benzene rings is 1. The van der Waals surface area contributed by atoms with Gasteiger partial charge in [-0.1, -0.05) is 58.0 Å². The van der Waals surface area contributed by atoms with Gasteiger partial charge in [0.2, 0.25) is 3.79 Å². The second kappa shape index (κ2) is 9.98. The predicted molar refractivity (Wildman–Crippen MR) is 99.9 cm³/mol. The number of nitrogens with one attached hydrogen (secondary N) is 1. The number of amides is 1. The summed E-state index contributed by atoms with van der Waals surface area (Å²) in [6.07, 6.45) is -1.62. The van der Waals surface area contributed by atoms with Gasteiger partial charge < -0.3 is 5.32 Å². The van der Waals surface area contributed by atoms with E-state index in [2.05, 4.69) is 5.32 Å². The molecule has 0 aliphatic rings. The molecular weight excluding hydrogens is 458 g/mol. The fourth-order valence-corrected chi connectivity index (χ4v) is 3.63. The van der Waals surface area contributed by atoms with Gasteiger partial charge in [0.05, 0.1) is 23.3 Å². The van der Waals surface area contributed by atoms with E-state index in [1.807, 2.05) is 0 Å². The Kier molecular flexibility index (Phi) is 9.29. The Labute approximate surface area is 170 Å². The van der Waals surface area contributed by atoms with Gasteiger partial charge in [-0.3, -0.25) is 18.4 Å². The van der Waals surface area contributed by atoms with Crippen LogP contribution in [0.1, 0.15) is 24.2 Å². The average Bonchev–Trinajstić information content (AvgIpc) is 2.48. The lowest BCUT2D eigenvalue weighted by atomic mass is 10.2. The van der Waals surface area contributed by atoms with Crippen LogP contribution in [0.15, 0.2) is 18.2 Å². The van der Waals surface area contributed by atoms with Crippen LogP contribution in [0.3, 0.4) is 0 Å². The minimum Gasteiger partial charge on any atom is -0.322 e. The van der Waals surface area contributed by atoms with E-state index in [0.29, 0.717) is 0 Å². The van der Waals surface area contributed by atoms with Crippen LogP contribution in [0.2, 0.25) is 10.0 Å². The summed E-state index contributed by atoms with van der Waals surface area (Å²) in [6.45, 7) is 3.19. The monoisotopic (exact) mass is 471 g/mol. The van der Waals surface area contributed by atoms with E-state index in [0.717, 1.165) is 0 Å². The molecule has 0 aliphatic carbocycles. The summed E-state index contributed by atoms with van der Waals surface area (Å²) in [5.74, 6) is -0.700. The lowest BCUT2D eigenvalue weighted by Crippen LogP contribution is -2.45. The summed E-state index contributed by atoms with van der Waals surface area (Å²) in [7, 11) is -4.05. The molecule has 6 nitrogen and oxygen atoms in total. The molecule has 0 radical (unpaired) electrons. The van der Waals surface area contributed by atoms with Gasteiger partial charge >= 0.3 is 7.82 Å². The molecule has 0 aromatic heterocycles. The van der Waals surface area contributed by atoms with E-state index in [4.69, 9.17) is 71.6 Å². The van der Waals surface area contributed by atoms with Gasteiger partial charge in [-0.2, -0.15) is 0 Å². The molecule has 1 atom stereocenters. The fraction of sp³-hybridized carbons (Fsp3) is 0.462. The van der Waals surface area contributed by atoms with Crippen molar-refractivity contribution in [2.24, 2.45) is 0 Å². The Balaban J connectivity index is 3.01. The summed E-state index contributed by atoms with van der Waals surface area (Å²) in [4.78, 5) is 12.3. The number of hydrogen-bond donors (Lipinski definition) is 1. The van der Waals surface area contributed by atoms with E-state index in [9.17, 15) is 9.36 Å². The molecule has 1 unspecified atom stereocenters. The van der Waals surface area contributed by atoms with E-state index >= 15 is 0 Å². The minimum atomic E-state index is -4.05. The molecule has 1 aromatic rings. The molecule has 0 heterocycles. The van der Waals surface area contributed by atoms with Crippen LogP contribution < -0.4 is 5.32 Å². The Morgan fingerprint density at radius 1 is 1.16 bits per heavy atom. The predicted octanol–water partition coefficient (Wildman–Crippen LogP) is 5.62. The normalized spacial score (nSPS) is 13.6. The Bertz CT molecular complexity index is 644. The third kappa shape index (κ3) is 7.41. The van der Waals surface area contributed by atoms with Gasteiger partial charge in [-0.25, -0.2) is 4.57 Å². The smallest absolute Gasteiger partial charge is 0.322 e. The van der Waals surface area contributed by atoms with Crippen molar-refractivity contribution in [2.75, 3.05) is 13.2 Å². The number of halogens is 5. The molecule has 12 heteroatoms. The highest BCUT2D eigenvalue weighted by molar-refractivity contribution is 7.48. The number of phosphoric ester groups is 1. The van der Waals surface area contributed by atoms with Gasteiger partial charge in [0, 0.05) is 5.56 Å². The zero-order chi connectivity index (χ0) is 19.3. The van der Waals surface area contributed by atoms with Gasteiger partial charge in [0.1, 0.15) is 0 Å². The quantitative estimate of drug-likeness (QED) is 0.302. The standard InChI is InChI=1S/C13H15Cl5NO5P/c1-3-22-25(21,23-4-2)24-12(13(16,17)18)19-11(20)8-5-6-9(14)10(15)7-8/h5-7,12H,3-4H2,1-2H3,(H,19,20). The molecule has 0 spiro atoms. The number of rotatable bonds is 8. The van der Waals surface area contributed by atoms with Gasteiger partial charge in [0.25, 0.3) is 5.91 Å². The highest BCUT2D eigenvalue weighted by Gasteiger charge is 2.42. The maximum Gasteiger partial charge on any atom is 0.476 e. The summed E-state index contributed by atoms with van der Waals surface area (Å²) in [5.41, 5.74) is 0.125. The second-order valence-corrected chi connectivity index (χ2v) is 9.22. The number of hydrogen-bond acceptors (Lipinski definition) is 5. The molecule has 0 aliphatic heterocycles. The van der Waals surface area contributed by atoms with E-state index < -0.39 is 23.8 Å². The summed E-state index contributed by atoms with van der Waals surface area (Å²) >= 11 is 29.1. The largest absolute Gasteiger partial charge is 0.476 e. The summed E-state index contributed by atoms with van der Waals surface area (Å²) in [5, 5.41) is 2.73. The van der Waals surface area contributed by atoms with Crippen molar-refractivity contribution in [3.8, 4) is 0 Å². The number of alkyl halides is 3. The first-order valence-electron chi connectivity index (χ1n) is 6.92. The second-order valence-electron chi connectivity index (χ2n) is 4.41. The van der Waals surface area contributed by atoms with Crippen LogP contribution in [-0.4, -0.2) is 29.1 Å². The molecular formula is C13H15Cl5NO5P. The summed E-state index contributed by atoms with van der Waals surface area (Å²) in [6, 6.07) is 4.15. The van der Waals surface area contributed by atoms with Crippen molar-refractivity contribution < 1.29 is 22.9 Å². The van der Waals surface area contributed by atoms with Crippen molar-refractivity contribution in [2.45, 2.75) is 23.9 Å². The van der Waals surface area contributed by atoms with Crippen LogP contribution >= 0.6 is 65.8 Å². The third-order valence-electron chi connectivity index (χ3n) is 2.55.